The second kappa shape index (κ2) is 6.79. The van der Waals surface area contributed by atoms with Crippen LogP contribution in [0.1, 0.15) is 27.6 Å². The Morgan fingerprint density at radius 3 is 2.70 bits per heavy atom. The fraction of sp³-hybridized carbons (Fsp3) is 0.217. The van der Waals surface area contributed by atoms with Crippen LogP contribution in [0.3, 0.4) is 0 Å². The van der Waals surface area contributed by atoms with Crippen molar-refractivity contribution in [2.75, 3.05) is 18.9 Å². The zero-order valence-corrected chi connectivity index (χ0v) is 16.8. The zero-order valence-electron chi connectivity index (χ0n) is 16.1. The van der Waals surface area contributed by atoms with Crippen LogP contribution in [0.5, 0.6) is 0 Å². The van der Waals surface area contributed by atoms with Gasteiger partial charge in [-0.05, 0) is 55.1 Å². The van der Waals surface area contributed by atoms with E-state index in [0.29, 0.717) is 22.8 Å². The Balaban J connectivity index is 1.74. The predicted octanol–water partition coefficient (Wildman–Crippen LogP) is 4.45. The number of benzene rings is 2. The van der Waals surface area contributed by atoms with Crippen LogP contribution in [0.2, 0.25) is 5.02 Å². The lowest BCUT2D eigenvalue weighted by atomic mass is 9.71. The molecule has 0 unspecified atom stereocenters. The number of Topliss-reactive ketones (excluding diaryl/α,β-unsaturated/α-hetero) is 1. The van der Waals surface area contributed by atoms with E-state index < -0.39 is 11.5 Å². The van der Waals surface area contributed by atoms with Crippen LogP contribution < -0.4 is 5.32 Å². The third kappa shape index (κ3) is 2.57. The van der Waals surface area contributed by atoms with E-state index in [1.165, 1.54) is 18.4 Å². The van der Waals surface area contributed by atoms with Crippen molar-refractivity contribution in [2.24, 2.45) is 5.92 Å². The van der Waals surface area contributed by atoms with Crippen LogP contribution in [0.25, 0.3) is 0 Å². The van der Waals surface area contributed by atoms with E-state index >= 15 is 0 Å². The van der Waals surface area contributed by atoms with Crippen LogP contribution in [-0.4, -0.2) is 30.2 Å². The highest BCUT2D eigenvalue weighted by molar-refractivity contribution is 6.31. The van der Waals surface area contributed by atoms with E-state index in [4.69, 9.17) is 16.0 Å². The van der Waals surface area contributed by atoms with Crippen molar-refractivity contribution in [2.45, 2.75) is 11.5 Å². The number of carbonyl (C=O) groups excluding carboxylic acids is 2. The third-order valence-corrected chi connectivity index (χ3v) is 6.49. The minimum atomic E-state index is -1.25. The molecule has 3 heterocycles. The summed E-state index contributed by atoms with van der Waals surface area (Å²) in [6.07, 6.45) is 1.44. The number of hydrogen-bond donors (Lipinski definition) is 1. The van der Waals surface area contributed by atoms with Crippen LogP contribution in [0.15, 0.2) is 65.3 Å². The summed E-state index contributed by atoms with van der Waals surface area (Å²) in [7, 11) is 1.82. The summed E-state index contributed by atoms with van der Waals surface area (Å²) in [5, 5.41) is 3.40. The molecule has 0 radical (unpaired) electrons. The van der Waals surface area contributed by atoms with Crippen LogP contribution in [0.4, 0.5) is 10.1 Å². The number of nitrogens with one attached hydrogen (secondary N) is 1. The molecular formula is C23H18ClFN2O3. The van der Waals surface area contributed by atoms with E-state index in [-0.39, 0.29) is 29.2 Å². The molecule has 5 nitrogen and oxygen atoms in total. The maximum atomic E-state index is 13.7. The maximum Gasteiger partial charge on any atom is 0.250 e. The summed E-state index contributed by atoms with van der Waals surface area (Å²) in [5.74, 6) is -1.85. The van der Waals surface area contributed by atoms with Gasteiger partial charge in [-0.1, -0.05) is 23.7 Å². The molecule has 3 atom stereocenters. The molecule has 0 bridgehead atoms. The number of fused-ring (bicyclic) bond motifs is 2. The largest absolute Gasteiger partial charge is 0.461 e. The van der Waals surface area contributed by atoms with Crippen LogP contribution in [-0.2, 0) is 10.3 Å². The second-order valence-electron chi connectivity index (χ2n) is 7.77. The molecule has 2 aliphatic rings. The molecule has 2 aliphatic heterocycles. The topological polar surface area (TPSA) is 62.6 Å². The first-order valence-electron chi connectivity index (χ1n) is 9.59. The van der Waals surface area contributed by atoms with Gasteiger partial charge < -0.3 is 9.73 Å². The van der Waals surface area contributed by atoms with E-state index in [0.717, 1.165) is 5.56 Å². The molecule has 0 aliphatic carbocycles. The summed E-state index contributed by atoms with van der Waals surface area (Å²) < 4.78 is 19.0. The normalized spacial score (nSPS) is 25.5. The van der Waals surface area contributed by atoms with Crippen LogP contribution >= 0.6 is 11.6 Å². The van der Waals surface area contributed by atoms with Crippen molar-refractivity contribution in [3.8, 4) is 0 Å². The molecule has 152 valence electrons. The molecule has 3 aromatic rings. The molecule has 1 aromatic heterocycles. The van der Waals surface area contributed by atoms with Gasteiger partial charge in [-0.3, -0.25) is 14.5 Å². The Kier molecular flexibility index (Phi) is 4.31. The SMILES string of the molecule is CN1C[C@H](c2ccc(F)cc2)[C@@H](C(=O)c2ccco2)[C@@]12C(=O)Nc1ccc(Cl)cc12. The first-order valence-corrected chi connectivity index (χ1v) is 9.96. The van der Waals surface area contributed by atoms with Gasteiger partial charge in [-0.2, -0.15) is 0 Å². The minimum Gasteiger partial charge on any atom is -0.461 e. The van der Waals surface area contributed by atoms with Gasteiger partial charge in [0.2, 0.25) is 11.7 Å². The van der Waals surface area contributed by atoms with Gasteiger partial charge in [0, 0.05) is 28.7 Å². The van der Waals surface area contributed by atoms with Gasteiger partial charge in [0.15, 0.2) is 5.76 Å². The number of anilines is 1. The van der Waals surface area contributed by atoms with Gasteiger partial charge in [-0.15, -0.1) is 0 Å². The van der Waals surface area contributed by atoms with Crippen molar-refractivity contribution < 1.29 is 18.4 Å². The van der Waals surface area contributed by atoms with Crippen molar-refractivity contribution >= 4 is 29.0 Å². The first kappa shape index (κ1) is 19.0. The number of hydrogen-bond acceptors (Lipinski definition) is 4. The fourth-order valence-corrected chi connectivity index (χ4v) is 5.17. The van der Waals surface area contributed by atoms with E-state index in [2.05, 4.69) is 5.32 Å². The first-order chi connectivity index (χ1) is 14.4. The summed E-state index contributed by atoms with van der Waals surface area (Å²) >= 11 is 6.28. The Morgan fingerprint density at radius 1 is 1.23 bits per heavy atom. The summed E-state index contributed by atoms with van der Waals surface area (Å²) in [5.41, 5.74) is 0.835. The zero-order chi connectivity index (χ0) is 21.0. The highest BCUT2D eigenvalue weighted by Gasteiger charge is 2.64. The quantitative estimate of drug-likeness (QED) is 0.631. The number of amides is 1. The monoisotopic (exact) mass is 424 g/mol. The van der Waals surface area contributed by atoms with Gasteiger partial charge in [-0.25, -0.2) is 4.39 Å². The molecule has 1 N–H and O–H groups in total. The Hall–Kier alpha value is -2.96. The van der Waals surface area contributed by atoms with Gasteiger partial charge in [0.05, 0.1) is 12.2 Å². The average molecular weight is 425 g/mol. The highest BCUT2D eigenvalue weighted by Crippen LogP contribution is 2.56. The van der Waals surface area contributed by atoms with E-state index in [1.807, 2.05) is 11.9 Å². The molecule has 1 amide bonds. The lowest BCUT2D eigenvalue weighted by Crippen LogP contribution is -2.51. The van der Waals surface area contributed by atoms with Crippen LogP contribution in [0, 0.1) is 11.7 Å². The molecule has 30 heavy (non-hydrogen) atoms. The third-order valence-electron chi connectivity index (χ3n) is 6.26. The molecular weight excluding hydrogens is 407 g/mol. The van der Waals surface area contributed by atoms with E-state index in [9.17, 15) is 14.0 Å². The Morgan fingerprint density at radius 2 is 2.00 bits per heavy atom. The van der Waals surface area contributed by atoms with Crippen molar-refractivity contribution in [1.82, 2.24) is 4.90 Å². The number of halogens is 2. The Bertz CT molecular complexity index is 1150. The number of carbonyl (C=O) groups is 2. The van der Waals surface area contributed by atoms with Crippen molar-refractivity contribution in [3.63, 3.8) is 0 Å². The summed E-state index contributed by atoms with van der Waals surface area (Å²) in [4.78, 5) is 29.0. The predicted molar refractivity (Wildman–Crippen MR) is 110 cm³/mol. The van der Waals surface area contributed by atoms with Gasteiger partial charge in [0.1, 0.15) is 11.4 Å². The number of likely N-dealkylation sites (N-methyl/N-ethyl adjacent to an activating group) is 1. The molecule has 1 spiro atoms. The molecule has 7 heteroatoms. The number of nitrogens with zero attached hydrogens (tertiary/aromatic N) is 1. The molecule has 5 rings (SSSR count). The van der Waals surface area contributed by atoms with Gasteiger partial charge in [0.25, 0.3) is 0 Å². The van der Waals surface area contributed by atoms with Gasteiger partial charge >= 0.3 is 0 Å². The Labute approximate surface area is 177 Å². The molecule has 1 saturated heterocycles. The van der Waals surface area contributed by atoms with Crippen molar-refractivity contribution in [3.05, 3.63) is 88.6 Å². The lowest BCUT2D eigenvalue weighted by Gasteiger charge is -2.35. The fourth-order valence-electron chi connectivity index (χ4n) is 4.99. The minimum absolute atomic E-state index is 0.185. The van der Waals surface area contributed by atoms with E-state index in [1.54, 1.807) is 42.5 Å². The average Bonchev–Trinajstić information content (AvgIpc) is 3.42. The smallest absolute Gasteiger partial charge is 0.250 e. The summed E-state index contributed by atoms with van der Waals surface area (Å²) in [6.45, 7) is 0.433. The molecule has 2 aromatic carbocycles. The molecule has 1 fully saturated rings. The number of ketones is 1. The number of likely N-dealkylation sites (tertiary alicyclic amines) is 1. The summed E-state index contributed by atoms with van der Waals surface area (Å²) in [6, 6.07) is 14.5. The van der Waals surface area contributed by atoms with Crippen molar-refractivity contribution in [1.29, 1.82) is 0 Å². The standard InChI is InChI=1S/C23H18ClFN2O3/c1-27-12-16(13-4-7-15(25)8-5-13)20(21(28)19-3-2-10-30-19)23(27)17-11-14(24)6-9-18(17)26-22(23)29/h2-11,16,20H,12H2,1H3,(H,26,29)/t16-,20+,23+/m1/s1. The highest BCUT2D eigenvalue weighted by atomic mass is 35.5. The second-order valence-corrected chi connectivity index (χ2v) is 8.20. The number of rotatable bonds is 3. The lowest BCUT2D eigenvalue weighted by molar-refractivity contribution is -0.126. The maximum absolute atomic E-state index is 13.7. The molecule has 0 saturated carbocycles. The number of furan rings is 1.